The van der Waals surface area contributed by atoms with Crippen molar-refractivity contribution in [1.29, 1.82) is 0 Å². The highest BCUT2D eigenvalue weighted by molar-refractivity contribution is 6.00. The van der Waals surface area contributed by atoms with E-state index >= 15 is 0 Å². The quantitative estimate of drug-likeness (QED) is 0.557. The number of rotatable bonds is 2. The van der Waals surface area contributed by atoms with Crippen molar-refractivity contribution in [1.82, 2.24) is 0 Å². The minimum absolute atomic E-state index is 0.0549. The van der Waals surface area contributed by atoms with E-state index in [1.165, 1.54) is 14.2 Å². The van der Waals surface area contributed by atoms with Crippen LogP contribution in [0.15, 0.2) is 0 Å². The first-order valence-corrected chi connectivity index (χ1v) is 5.27. The van der Waals surface area contributed by atoms with Gasteiger partial charge in [0.2, 0.25) is 0 Å². The second-order valence-corrected chi connectivity index (χ2v) is 4.59. The van der Waals surface area contributed by atoms with Crippen LogP contribution in [0, 0.1) is 5.41 Å². The standard InChI is InChI=1S/C11H18O5/c1-10(14)5-4-6-11(7-10,8(12)15-2)9(13)16-3/h14H,4-7H2,1-3H3. The normalized spacial score (nSPS) is 28.2. The predicted octanol–water partition coefficient (Wildman–Crippen LogP) is 0.644. The molecule has 1 N–H and O–H groups in total. The van der Waals surface area contributed by atoms with Gasteiger partial charge >= 0.3 is 11.9 Å². The highest BCUT2D eigenvalue weighted by Gasteiger charge is 2.54. The molecule has 1 rings (SSSR count). The molecule has 1 aliphatic rings. The van der Waals surface area contributed by atoms with Gasteiger partial charge in [-0.05, 0) is 26.2 Å². The summed E-state index contributed by atoms with van der Waals surface area (Å²) in [4.78, 5) is 23.5. The number of carbonyl (C=O) groups is 2. The maximum atomic E-state index is 11.7. The molecule has 1 saturated carbocycles. The molecule has 0 aromatic rings. The first kappa shape index (κ1) is 13.0. The van der Waals surface area contributed by atoms with Crippen molar-refractivity contribution in [3.05, 3.63) is 0 Å². The van der Waals surface area contributed by atoms with Gasteiger partial charge in [-0.25, -0.2) is 0 Å². The van der Waals surface area contributed by atoms with E-state index in [1.807, 2.05) is 0 Å². The molecule has 0 bridgehead atoms. The maximum Gasteiger partial charge on any atom is 0.323 e. The van der Waals surface area contributed by atoms with E-state index in [4.69, 9.17) is 0 Å². The lowest BCUT2D eigenvalue weighted by Crippen LogP contribution is -2.49. The predicted molar refractivity (Wildman–Crippen MR) is 55.6 cm³/mol. The number of hydrogen-bond acceptors (Lipinski definition) is 5. The lowest BCUT2D eigenvalue weighted by atomic mass is 9.68. The summed E-state index contributed by atoms with van der Waals surface area (Å²) in [7, 11) is 2.46. The third-order valence-corrected chi connectivity index (χ3v) is 3.15. The van der Waals surface area contributed by atoms with Crippen LogP contribution in [0.1, 0.15) is 32.6 Å². The molecule has 1 unspecified atom stereocenters. The average molecular weight is 230 g/mol. The minimum atomic E-state index is -1.34. The zero-order valence-electron chi connectivity index (χ0n) is 9.91. The minimum Gasteiger partial charge on any atom is -0.468 e. The van der Waals surface area contributed by atoms with Crippen molar-refractivity contribution in [2.45, 2.75) is 38.2 Å². The lowest BCUT2D eigenvalue weighted by Gasteiger charge is -2.39. The summed E-state index contributed by atoms with van der Waals surface area (Å²) in [6.07, 6.45) is 1.59. The Bertz CT molecular complexity index is 279. The molecular formula is C11H18O5. The van der Waals surface area contributed by atoms with Crippen LogP contribution in [0.2, 0.25) is 0 Å². The summed E-state index contributed by atoms with van der Waals surface area (Å²) in [5.74, 6) is -1.25. The van der Waals surface area contributed by atoms with Gasteiger partial charge in [0.05, 0.1) is 19.8 Å². The van der Waals surface area contributed by atoms with Crippen LogP contribution in [-0.2, 0) is 19.1 Å². The summed E-state index contributed by atoms with van der Waals surface area (Å²) < 4.78 is 9.32. The Morgan fingerprint density at radius 3 is 2.00 bits per heavy atom. The highest BCUT2D eigenvalue weighted by atomic mass is 16.5. The van der Waals surface area contributed by atoms with E-state index in [2.05, 4.69) is 9.47 Å². The van der Waals surface area contributed by atoms with Gasteiger partial charge in [-0.2, -0.15) is 0 Å². The summed E-state index contributed by atoms with van der Waals surface area (Å²) >= 11 is 0. The van der Waals surface area contributed by atoms with Gasteiger partial charge in [0.1, 0.15) is 0 Å². The second-order valence-electron chi connectivity index (χ2n) is 4.59. The zero-order valence-corrected chi connectivity index (χ0v) is 9.91. The molecule has 0 radical (unpaired) electrons. The van der Waals surface area contributed by atoms with Crippen LogP contribution in [0.25, 0.3) is 0 Å². The monoisotopic (exact) mass is 230 g/mol. The fraction of sp³-hybridized carbons (Fsp3) is 0.818. The summed E-state index contributed by atoms with van der Waals surface area (Å²) in [5, 5.41) is 9.98. The topological polar surface area (TPSA) is 72.8 Å². The largest absolute Gasteiger partial charge is 0.468 e. The van der Waals surface area contributed by atoms with Crippen molar-refractivity contribution in [3.8, 4) is 0 Å². The first-order chi connectivity index (χ1) is 7.38. The van der Waals surface area contributed by atoms with E-state index in [0.29, 0.717) is 19.3 Å². The third-order valence-electron chi connectivity index (χ3n) is 3.15. The molecule has 0 aliphatic heterocycles. The molecule has 1 atom stereocenters. The SMILES string of the molecule is COC(=O)C1(C(=O)OC)CCCC(C)(O)C1. The molecule has 92 valence electrons. The molecule has 0 spiro atoms. The Balaban J connectivity index is 3.04. The molecule has 16 heavy (non-hydrogen) atoms. The summed E-state index contributed by atoms with van der Waals surface area (Å²) in [6, 6.07) is 0. The molecule has 5 heteroatoms. The van der Waals surface area contributed by atoms with Crippen LogP contribution in [0.4, 0.5) is 0 Å². The molecule has 0 amide bonds. The fourth-order valence-corrected chi connectivity index (χ4v) is 2.42. The Morgan fingerprint density at radius 1 is 1.12 bits per heavy atom. The lowest BCUT2D eigenvalue weighted by molar-refractivity contribution is -0.178. The van der Waals surface area contributed by atoms with E-state index in [0.717, 1.165) is 0 Å². The second kappa shape index (κ2) is 4.41. The van der Waals surface area contributed by atoms with Crippen molar-refractivity contribution in [2.24, 2.45) is 5.41 Å². The molecule has 5 nitrogen and oxygen atoms in total. The average Bonchev–Trinajstić information content (AvgIpc) is 2.25. The van der Waals surface area contributed by atoms with Gasteiger partial charge < -0.3 is 14.6 Å². The molecular weight excluding hydrogens is 212 g/mol. The Labute approximate surface area is 94.7 Å². The van der Waals surface area contributed by atoms with Gasteiger partial charge in [-0.3, -0.25) is 9.59 Å². The number of ether oxygens (including phenoxy) is 2. The Hall–Kier alpha value is -1.10. The number of methoxy groups -OCH3 is 2. The Morgan fingerprint density at radius 2 is 1.62 bits per heavy atom. The van der Waals surface area contributed by atoms with Crippen LogP contribution in [-0.4, -0.2) is 36.9 Å². The van der Waals surface area contributed by atoms with Gasteiger partial charge in [0.25, 0.3) is 0 Å². The van der Waals surface area contributed by atoms with Crippen molar-refractivity contribution in [2.75, 3.05) is 14.2 Å². The van der Waals surface area contributed by atoms with Crippen LogP contribution < -0.4 is 0 Å². The number of esters is 2. The van der Waals surface area contributed by atoms with Gasteiger partial charge in [-0.15, -0.1) is 0 Å². The van der Waals surface area contributed by atoms with Crippen LogP contribution >= 0.6 is 0 Å². The van der Waals surface area contributed by atoms with E-state index in [9.17, 15) is 14.7 Å². The number of aliphatic hydroxyl groups is 1. The maximum absolute atomic E-state index is 11.7. The van der Waals surface area contributed by atoms with Crippen LogP contribution in [0.5, 0.6) is 0 Å². The molecule has 0 aromatic carbocycles. The van der Waals surface area contributed by atoms with Gasteiger partial charge in [-0.1, -0.05) is 0 Å². The van der Waals surface area contributed by atoms with E-state index in [-0.39, 0.29) is 6.42 Å². The third kappa shape index (κ3) is 2.19. The first-order valence-electron chi connectivity index (χ1n) is 5.27. The summed E-state index contributed by atoms with van der Waals surface area (Å²) in [5.41, 5.74) is -2.37. The van der Waals surface area contributed by atoms with E-state index < -0.39 is 23.0 Å². The van der Waals surface area contributed by atoms with Crippen molar-refractivity contribution in [3.63, 3.8) is 0 Å². The van der Waals surface area contributed by atoms with Gasteiger partial charge in [0.15, 0.2) is 5.41 Å². The molecule has 1 aliphatic carbocycles. The van der Waals surface area contributed by atoms with Crippen LogP contribution in [0.3, 0.4) is 0 Å². The molecule has 0 saturated heterocycles. The smallest absolute Gasteiger partial charge is 0.323 e. The molecule has 1 fully saturated rings. The number of carbonyl (C=O) groups excluding carboxylic acids is 2. The Kier molecular flexibility index (Phi) is 3.57. The number of hydrogen-bond donors (Lipinski definition) is 1. The van der Waals surface area contributed by atoms with E-state index in [1.54, 1.807) is 6.92 Å². The highest BCUT2D eigenvalue weighted by Crippen LogP contribution is 2.43. The zero-order chi connectivity index (χ0) is 12.4. The molecule has 0 aromatic heterocycles. The van der Waals surface area contributed by atoms with Crippen molar-refractivity contribution < 1.29 is 24.2 Å². The fourth-order valence-electron chi connectivity index (χ4n) is 2.42. The van der Waals surface area contributed by atoms with Gasteiger partial charge in [0, 0.05) is 6.42 Å². The van der Waals surface area contributed by atoms with Crippen molar-refractivity contribution >= 4 is 11.9 Å². The molecule has 0 heterocycles. The summed E-state index contributed by atoms with van der Waals surface area (Å²) in [6.45, 7) is 1.62.